The lowest BCUT2D eigenvalue weighted by molar-refractivity contribution is 0.166. The first-order chi connectivity index (χ1) is 9.47. The molecule has 2 rings (SSSR count). The predicted molar refractivity (Wildman–Crippen MR) is 81.5 cm³/mol. The Morgan fingerprint density at radius 2 is 2.15 bits per heavy atom. The summed E-state index contributed by atoms with van der Waals surface area (Å²) in [5.41, 5.74) is 1.38. The average molecular weight is 279 g/mol. The van der Waals surface area contributed by atoms with Crippen LogP contribution >= 0.6 is 0 Å². The van der Waals surface area contributed by atoms with Gasteiger partial charge in [0.05, 0.1) is 12.2 Å². The molecule has 114 valence electrons. The van der Waals surface area contributed by atoms with E-state index in [1.165, 1.54) is 19.4 Å². The maximum absolute atomic E-state index is 4.23. The van der Waals surface area contributed by atoms with Gasteiger partial charge < -0.3 is 5.32 Å². The van der Waals surface area contributed by atoms with E-state index in [1.54, 1.807) is 0 Å². The summed E-state index contributed by atoms with van der Waals surface area (Å²) < 4.78 is 1.97. The topological polar surface area (TPSA) is 46.0 Å². The summed E-state index contributed by atoms with van der Waals surface area (Å²) in [6.07, 6.45) is 4.68. The molecule has 0 saturated carbocycles. The van der Waals surface area contributed by atoms with Crippen molar-refractivity contribution in [2.24, 2.45) is 5.92 Å². The molecule has 0 bridgehead atoms. The molecule has 20 heavy (non-hydrogen) atoms. The summed E-state index contributed by atoms with van der Waals surface area (Å²) >= 11 is 0. The SMILES string of the molecule is CC(C)CNCc1cn(CCN2CCCC2(C)C)nn1. The second-order valence-corrected chi connectivity index (χ2v) is 6.90. The molecule has 1 aliphatic heterocycles. The van der Waals surface area contributed by atoms with Crippen LogP contribution in [-0.2, 0) is 13.1 Å². The molecule has 1 aliphatic rings. The first-order valence-corrected chi connectivity index (χ1v) is 7.82. The Morgan fingerprint density at radius 3 is 2.80 bits per heavy atom. The number of aromatic nitrogens is 3. The van der Waals surface area contributed by atoms with Gasteiger partial charge >= 0.3 is 0 Å². The first kappa shape index (κ1) is 15.4. The number of nitrogens with one attached hydrogen (secondary N) is 1. The van der Waals surface area contributed by atoms with Crippen molar-refractivity contribution in [3.63, 3.8) is 0 Å². The minimum absolute atomic E-state index is 0.349. The Bertz CT molecular complexity index is 410. The monoisotopic (exact) mass is 279 g/mol. The molecule has 0 spiro atoms. The standard InChI is InChI=1S/C15H29N5/c1-13(2)10-16-11-14-12-20(18-17-14)9-8-19-7-5-6-15(19,3)4/h12-13,16H,5-11H2,1-4H3. The van der Waals surface area contributed by atoms with E-state index < -0.39 is 0 Å². The van der Waals surface area contributed by atoms with Crippen LogP contribution in [0.15, 0.2) is 6.20 Å². The Balaban J connectivity index is 1.75. The predicted octanol–water partition coefficient (Wildman–Crippen LogP) is 1.90. The summed E-state index contributed by atoms with van der Waals surface area (Å²) in [4.78, 5) is 2.56. The van der Waals surface area contributed by atoms with Gasteiger partial charge in [-0.3, -0.25) is 9.58 Å². The van der Waals surface area contributed by atoms with Crippen LogP contribution < -0.4 is 5.32 Å². The average Bonchev–Trinajstić information content (AvgIpc) is 2.93. The van der Waals surface area contributed by atoms with E-state index in [1.807, 2.05) is 4.68 Å². The summed E-state index contributed by atoms with van der Waals surface area (Å²) in [6, 6.07) is 0. The van der Waals surface area contributed by atoms with Crippen molar-refractivity contribution in [2.75, 3.05) is 19.6 Å². The van der Waals surface area contributed by atoms with Crippen molar-refractivity contribution in [1.29, 1.82) is 0 Å². The van der Waals surface area contributed by atoms with Crippen molar-refractivity contribution >= 4 is 0 Å². The molecule has 0 amide bonds. The Labute approximate surface area is 122 Å². The molecular weight excluding hydrogens is 250 g/mol. The highest BCUT2D eigenvalue weighted by atomic mass is 15.4. The fourth-order valence-electron chi connectivity index (χ4n) is 2.82. The first-order valence-electron chi connectivity index (χ1n) is 7.82. The van der Waals surface area contributed by atoms with Gasteiger partial charge in [-0.15, -0.1) is 5.10 Å². The maximum Gasteiger partial charge on any atom is 0.0964 e. The van der Waals surface area contributed by atoms with Crippen LogP contribution in [0.3, 0.4) is 0 Å². The maximum atomic E-state index is 4.23. The van der Waals surface area contributed by atoms with Gasteiger partial charge in [-0.1, -0.05) is 19.1 Å². The molecule has 5 heteroatoms. The van der Waals surface area contributed by atoms with E-state index in [2.05, 4.69) is 54.4 Å². The van der Waals surface area contributed by atoms with E-state index in [4.69, 9.17) is 0 Å². The molecule has 1 aromatic rings. The van der Waals surface area contributed by atoms with Gasteiger partial charge in [-0.25, -0.2) is 0 Å². The van der Waals surface area contributed by atoms with Gasteiger partial charge in [-0.2, -0.15) is 0 Å². The lowest BCUT2D eigenvalue weighted by Crippen LogP contribution is -2.40. The molecule has 1 aromatic heterocycles. The molecule has 2 heterocycles. The van der Waals surface area contributed by atoms with Gasteiger partial charge in [0.2, 0.25) is 0 Å². The Morgan fingerprint density at radius 1 is 1.35 bits per heavy atom. The molecule has 1 saturated heterocycles. The molecular formula is C15H29N5. The largest absolute Gasteiger partial charge is 0.311 e. The summed E-state index contributed by atoms with van der Waals surface area (Å²) in [6.45, 7) is 14.1. The van der Waals surface area contributed by atoms with Crippen LogP contribution in [0.25, 0.3) is 0 Å². The van der Waals surface area contributed by atoms with Crippen molar-refractivity contribution in [3.05, 3.63) is 11.9 Å². The quantitative estimate of drug-likeness (QED) is 0.828. The van der Waals surface area contributed by atoms with Gasteiger partial charge in [0.15, 0.2) is 0 Å². The second-order valence-electron chi connectivity index (χ2n) is 6.90. The molecule has 0 aromatic carbocycles. The number of likely N-dealkylation sites (tertiary alicyclic amines) is 1. The minimum Gasteiger partial charge on any atom is -0.311 e. The fourth-order valence-corrected chi connectivity index (χ4v) is 2.82. The van der Waals surface area contributed by atoms with Crippen LogP contribution in [0.4, 0.5) is 0 Å². The fraction of sp³-hybridized carbons (Fsp3) is 0.867. The van der Waals surface area contributed by atoms with E-state index >= 15 is 0 Å². The van der Waals surface area contributed by atoms with E-state index in [9.17, 15) is 0 Å². The van der Waals surface area contributed by atoms with Crippen LogP contribution in [0.2, 0.25) is 0 Å². The molecule has 0 atom stereocenters. The number of hydrogen-bond donors (Lipinski definition) is 1. The third-order valence-corrected chi connectivity index (χ3v) is 4.12. The van der Waals surface area contributed by atoms with Gasteiger partial charge in [0.25, 0.3) is 0 Å². The van der Waals surface area contributed by atoms with Gasteiger partial charge in [0, 0.05) is 24.8 Å². The van der Waals surface area contributed by atoms with Crippen LogP contribution in [0.1, 0.15) is 46.2 Å². The van der Waals surface area contributed by atoms with E-state index in [0.717, 1.165) is 31.9 Å². The summed E-state index contributed by atoms with van der Waals surface area (Å²) in [5.74, 6) is 0.669. The zero-order chi connectivity index (χ0) is 14.6. The number of hydrogen-bond acceptors (Lipinski definition) is 4. The van der Waals surface area contributed by atoms with Gasteiger partial charge in [-0.05, 0) is 45.7 Å². The molecule has 1 fully saturated rings. The van der Waals surface area contributed by atoms with Crippen molar-refractivity contribution in [3.8, 4) is 0 Å². The van der Waals surface area contributed by atoms with E-state index in [-0.39, 0.29) is 0 Å². The zero-order valence-electron chi connectivity index (χ0n) is 13.4. The van der Waals surface area contributed by atoms with Crippen LogP contribution in [0.5, 0.6) is 0 Å². The summed E-state index contributed by atoms with van der Waals surface area (Å²) in [7, 11) is 0. The molecule has 0 aliphatic carbocycles. The van der Waals surface area contributed by atoms with Gasteiger partial charge in [0.1, 0.15) is 0 Å². The van der Waals surface area contributed by atoms with Crippen molar-refractivity contribution in [2.45, 2.75) is 59.2 Å². The lowest BCUT2D eigenvalue weighted by Gasteiger charge is -2.31. The lowest BCUT2D eigenvalue weighted by atomic mass is 10.0. The summed E-state index contributed by atoms with van der Waals surface area (Å²) in [5, 5.41) is 11.8. The molecule has 0 radical (unpaired) electrons. The highest BCUT2D eigenvalue weighted by Gasteiger charge is 2.31. The molecule has 1 N–H and O–H groups in total. The van der Waals surface area contributed by atoms with Crippen LogP contribution in [-0.4, -0.2) is 45.1 Å². The molecule has 0 unspecified atom stereocenters. The van der Waals surface area contributed by atoms with Crippen LogP contribution in [0, 0.1) is 5.92 Å². The Kier molecular flexibility index (Phi) is 5.16. The minimum atomic E-state index is 0.349. The Hall–Kier alpha value is -0.940. The third-order valence-electron chi connectivity index (χ3n) is 4.12. The van der Waals surface area contributed by atoms with Crippen molar-refractivity contribution < 1.29 is 0 Å². The van der Waals surface area contributed by atoms with Crippen molar-refractivity contribution in [1.82, 2.24) is 25.2 Å². The zero-order valence-corrected chi connectivity index (χ0v) is 13.4. The number of rotatable bonds is 7. The number of nitrogens with zero attached hydrogens (tertiary/aromatic N) is 4. The highest BCUT2D eigenvalue weighted by molar-refractivity contribution is 4.92. The normalized spacial score (nSPS) is 19.1. The second kappa shape index (κ2) is 6.68. The third kappa shape index (κ3) is 4.28. The van der Waals surface area contributed by atoms with E-state index in [0.29, 0.717) is 11.5 Å². The highest BCUT2D eigenvalue weighted by Crippen LogP contribution is 2.27. The smallest absolute Gasteiger partial charge is 0.0964 e. The molecule has 5 nitrogen and oxygen atoms in total.